The van der Waals surface area contributed by atoms with Crippen LogP contribution in [0.5, 0.6) is 5.75 Å². The molecule has 110 valence electrons. The predicted molar refractivity (Wildman–Crippen MR) is 73.4 cm³/mol. The molecule has 0 bridgehead atoms. The van der Waals surface area contributed by atoms with Crippen LogP contribution in [0.2, 0.25) is 0 Å². The summed E-state index contributed by atoms with van der Waals surface area (Å²) in [6, 6.07) is 4.06. The van der Waals surface area contributed by atoms with Crippen molar-refractivity contribution in [2.75, 3.05) is 13.2 Å². The zero-order valence-corrected chi connectivity index (χ0v) is 11.4. The second-order valence-corrected chi connectivity index (χ2v) is 5.47. The molecule has 1 aliphatic carbocycles. The Balaban J connectivity index is 2.14. The summed E-state index contributed by atoms with van der Waals surface area (Å²) in [6.45, 7) is 0.845. The van der Waals surface area contributed by atoms with Gasteiger partial charge in [-0.15, -0.1) is 0 Å². The third-order valence-electron chi connectivity index (χ3n) is 4.07. The van der Waals surface area contributed by atoms with E-state index in [0.717, 1.165) is 31.7 Å². The highest BCUT2D eigenvalue weighted by Crippen LogP contribution is 2.36. The average molecular weight is 281 g/mol. The molecule has 5 heteroatoms. The van der Waals surface area contributed by atoms with Crippen molar-refractivity contribution in [3.63, 3.8) is 0 Å². The van der Waals surface area contributed by atoms with Gasteiger partial charge in [0.15, 0.2) is 0 Å². The standard InChI is InChI=1S/C15H20FNO3/c16-11-5-4-6-12(13(11)14(18)19)20-10-15(9-17)7-2-1-3-8-15/h4-6H,1-3,7-10,17H2,(H,18,19). The number of hydrogen-bond acceptors (Lipinski definition) is 3. The molecule has 4 nitrogen and oxygen atoms in total. The Kier molecular flexibility index (Phi) is 4.60. The fourth-order valence-corrected chi connectivity index (χ4v) is 2.77. The minimum absolute atomic E-state index is 0.0795. The first-order chi connectivity index (χ1) is 9.58. The third kappa shape index (κ3) is 3.10. The summed E-state index contributed by atoms with van der Waals surface area (Å²) in [5, 5.41) is 9.06. The first kappa shape index (κ1) is 14.8. The van der Waals surface area contributed by atoms with Crippen molar-refractivity contribution in [2.45, 2.75) is 32.1 Å². The number of benzene rings is 1. The highest BCUT2D eigenvalue weighted by Gasteiger charge is 2.32. The van der Waals surface area contributed by atoms with Gasteiger partial charge in [-0.3, -0.25) is 0 Å². The molecule has 3 N–H and O–H groups in total. The van der Waals surface area contributed by atoms with Crippen LogP contribution in [0.3, 0.4) is 0 Å². The van der Waals surface area contributed by atoms with E-state index in [1.165, 1.54) is 18.6 Å². The Morgan fingerprint density at radius 1 is 1.35 bits per heavy atom. The highest BCUT2D eigenvalue weighted by atomic mass is 19.1. The van der Waals surface area contributed by atoms with Gasteiger partial charge >= 0.3 is 5.97 Å². The number of ether oxygens (including phenoxy) is 1. The van der Waals surface area contributed by atoms with Crippen molar-refractivity contribution in [3.8, 4) is 5.75 Å². The minimum Gasteiger partial charge on any atom is -0.492 e. The zero-order chi connectivity index (χ0) is 14.6. The van der Waals surface area contributed by atoms with Crippen LogP contribution in [0.15, 0.2) is 18.2 Å². The first-order valence-corrected chi connectivity index (χ1v) is 6.93. The Bertz CT molecular complexity index is 484. The van der Waals surface area contributed by atoms with Crippen molar-refractivity contribution < 1.29 is 19.0 Å². The second kappa shape index (κ2) is 6.22. The highest BCUT2D eigenvalue weighted by molar-refractivity contribution is 5.91. The molecule has 2 rings (SSSR count). The molecule has 0 spiro atoms. The van der Waals surface area contributed by atoms with Crippen LogP contribution in [0.25, 0.3) is 0 Å². The van der Waals surface area contributed by atoms with Crippen LogP contribution in [0.4, 0.5) is 4.39 Å². The van der Waals surface area contributed by atoms with Gasteiger partial charge in [0.05, 0.1) is 6.61 Å². The monoisotopic (exact) mass is 281 g/mol. The van der Waals surface area contributed by atoms with Crippen molar-refractivity contribution >= 4 is 5.97 Å². The van der Waals surface area contributed by atoms with Gasteiger partial charge in [0.1, 0.15) is 17.1 Å². The quantitative estimate of drug-likeness (QED) is 0.870. The summed E-state index contributed by atoms with van der Waals surface area (Å²) in [7, 11) is 0. The lowest BCUT2D eigenvalue weighted by molar-refractivity contribution is 0.0675. The van der Waals surface area contributed by atoms with Crippen molar-refractivity contribution in [1.82, 2.24) is 0 Å². The molecule has 1 saturated carbocycles. The van der Waals surface area contributed by atoms with Gasteiger partial charge in [0.25, 0.3) is 0 Å². The molecule has 0 aromatic heterocycles. The number of nitrogens with two attached hydrogens (primary N) is 1. The minimum atomic E-state index is -1.32. The lowest BCUT2D eigenvalue weighted by atomic mass is 9.75. The van der Waals surface area contributed by atoms with Crippen LogP contribution < -0.4 is 10.5 Å². The van der Waals surface area contributed by atoms with Crippen LogP contribution in [-0.4, -0.2) is 24.2 Å². The summed E-state index contributed by atoms with van der Waals surface area (Å²) < 4.78 is 19.2. The van der Waals surface area contributed by atoms with E-state index in [4.69, 9.17) is 15.6 Å². The number of hydrogen-bond donors (Lipinski definition) is 2. The maximum atomic E-state index is 13.6. The average Bonchev–Trinajstić information content (AvgIpc) is 2.45. The Morgan fingerprint density at radius 2 is 2.05 bits per heavy atom. The van der Waals surface area contributed by atoms with Crippen molar-refractivity contribution in [2.24, 2.45) is 11.1 Å². The summed E-state index contributed by atoms with van der Waals surface area (Å²) in [4.78, 5) is 11.1. The fourth-order valence-electron chi connectivity index (χ4n) is 2.77. The number of aromatic carboxylic acids is 1. The van der Waals surface area contributed by atoms with E-state index < -0.39 is 17.3 Å². The lowest BCUT2D eigenvalue weighted by Crippen LogP contribution is -2.38. The fraction of sp³-hybridized carbons (Fsp3) is 0.533. The SMILES string of the molecule is NCC1(COc2cccc(F)c2C(=O)O)CCCCC1. The van der Waals surface area contributed by atoms with Gasteiger partial charge in [0.2, 0.25) is 0 Å². The molecule has 1 aliphatic rings. The molecule has 0 saturated heterocycles. The number of carbonyl (C=O) groups is 1. The predicted octanol–water partition coefficient (Wildman–Crippen LogP) is 2.81. The second-order valence-electron chi connectivity index (χ2n) is 5.47. The largest absolute Gasteiger partial charge is 0.492 e. The van der Waals surface area contributed by atoms with E-state index in [9.17, 15) is 9.18 Å². The summed E-state index contributed by atoms with van der Waals surface area (Å²) in [5.74, 6) is -2.01. The molecule has 1 fully saturated rings. The topological polar surface area (TPSA) is 72.5 Å². The van der Waals surface area contributed by atoms with E-state index in [2.05, 4.69) is 0 Å². The Morgan fingerprint density at radius 3 is 2.65 bits per heavy atom. The van der Waals surface area contributed by atoms with E-state index in [0.29, 0.717) is 13.2 Å². The molecule has 0 radical (unpaired) electrons. The molecule has 0 amide bonds. The van der Waals surface area contributed by atoms with Crippen LogP contribution in [-0.2, 0) is 0 Å². The van der Waals surface area contributed by atoms with Crippen molar-refractivity contribution in [1.29, 1.82) is 0 Å². The normalized spacial score (nSPS) is 17.7. The lowest BCUT2D eigenvalue weighted by Gasteiger charge is -2.35. The van der Waals surface area contributed by atoms with Crippen LogP contribution in [0.1, 0.15) is 42.5 Å². The van der Waals surface area contributed by atoms with Gasteiger partial charge in [-0.05, 0) is 25.0 Å². The van der Waals surface area contributed by atoms with Gasteiger partial charge in [-0.1, -0.05) is 25.3 Å². The molecule has 0 aliphatic heterocycles. The smallest absolute Gasteiger partial charge is 0.342 e. The molecular weight excluding hydrogens is 261 g/mol. The van der Waals surface area contributed by atoms with Gasteiger partial charge < -0.3 is 15.6 Å². The van der Waals surface area contributed by atoms with Crippen LogP contribution >= 0.6 is 0 Å². The van der Waals surface area contributed by atoms with Gasteiger partial charge in [-0.25, -0.2) is 9.18 Å². The number of carboxylic acid groups (broad SMARTS) is 1. The summed E-state index contributed by atoms with van der Waals surface area (Å²) in [5.41, 5.74) is 5.34. The number of halogens is 1. The van der Waals surface area contributed by atoms with E-state index >= 15 is 0 Å². The molecule has 1 aromatic carbocycles. The molecule has 0 atom stereocenters. The van der Waals surface area contributed by atoms with Crippen molar-refractivity contribution in [3.05, 3.63) is 29.6 Å². The third-order valence-corrected chi connectivity index (χ3v) is 4.07. The van der Waals surface area contributed by atoms with Crippen LogP contribution in [0, 0.1) is 11.2 Å². The Labute approximate surface area is 117 Å². The zero-order valence-electron chi connectivity index (χ0n) is 11.4. The molecule has 0 heterocycles. The summed E-state index contributed by atoms with van der Waals surface area (Å²) >= 11 is 0. The molecular formula is C15H20FNO3. The van der Waals surface area contributed by atoms with Gasteiger partial charge in [-0.2, -0.15) is 0 Å². The molecule has 20 heavy (non-hydrogen) atoms. The number of carboxylic acids is 1. The maximum absolute atomic E-state index is 13.6. The Hall–Kier alpha value is -1.62. The van der Waals surface area contributed by atoms with Gasteiger partial charge in [0, 0.05) is 12.0 Å². The molecule has 0 unspecified atom stereocenters. The number of rotatable bonds is 5. The first-order valence-electron chi connectivity index (χ1n) is 6.93. The summed E-state index contributed by atoms with van der Waals surface area (Å²) in [6.07, 6.45) is 5.36. The molecule has 1 aromatic rings. The maximum Gasteiger partial charge on any atom is 0.342 e. The van der Waals surface area contributed by atoms with E-state index in [1.807, 2.05) is 0 Å². The van der Waals surface area contributed by atoms with E-state index in [1.54, 1.807) is 0 Å². The van der Waals surface area contributed by atoms with E-state index in [-0.39, 0.29) is 11.2 Å².